The molecule has 2 amide bonds. The van der Waals surface area contributed by atoms with E-state index < -0.39 is 5.41 Å². The van der Waals surface area contributed by atoms with Crippen molar-refractivity contribution in [1.29, 1.82) is 0 Å². The SMILES string of the molecule is CCCCC1(C(=O)N2CCCC2)CCCNC1=O. The largest absolute Gasteiger partial charge is 0.355 e. The summed E-state index contributed by atoms with van der Waals surface area (Å²) in [7, 11) is 0. The topological polar surface area (TPSA) is 49.4 Å². The Morgan fingerprint density at radius 1 is 1.33 bits per heavy atom. The molecule has 1 atom stereocenters. The van der Waals surface area contributed by atoms with Crippen LogP contribution in [0.5, 0.6) is 0 Å². The van der Waals surface area contributed by atoms with Crippen molar-refractivity contribution in [3.05, 3.63) is 0 Å². The van der Waals surface area contributed by atoms with Gasteiger partial charge in [-0.05, 0) is 32.1 Å². The number of nitrogens with zero attached hydrogens (tertiary/aromatic N) is 1. The Bertz CT molecular complexity index is 324. The van der Waals surface area contributed by atoms with Gasteiger partial charge >= 0.3 is 0 Å². The molecule has 2 saturated heterocycles. The third kappa shape index (κ3) is 2.38. The Morgan fingerprint density at radius 3 is 2.67 bits per heavy atom. The average molecular weight is 252 g/mol. The summed E-state index contributed by atoms with van der Waals surface area (Å²) in [5, 5.41) is 2.90. The number of carbonyl (C=O) groups is 2. The molecule has 2 heterocycles. The van der Waals surface area contributed by atoms with Crippen LogP contribution in [0, 0.1) is 5.41 Å². The van der Waals surface area contributed by atoms with Crippen LogP contribution in [0.3, 0.4) is 0 Å². The predicted octanol–water partition coefficient (Wildman–Crippen LogP) is 1.70. The predicted molar refractivity (Wildman–Crippen MR) is 70.0 cm³/mol. The van der Waals surface area contributed by atoms with Crippen LogP contribution >= 0.6 is 0 Å². The third-order valence-corrected chi connectivity index (χ3v) is 4.26. The molecule has 2 fully saturated rings. The van der Waals surface area contributed by atoms with Gasteiger partial charge in [-0.1, -0.05) is 19.8 Å². The number of hydrogen-bond acceptors (Lipinski definition) is 2. The number of carbonyl (C=O) groups excluding carboxylic acids is 2. The Kier molecular flexibility index (Phi) is 4.25. The van der Waals surface area contributed by atoms with Crippen LogP contribution in [-0.2, 0) is 9.59 Å². The van der Waals surface area contributed by atoms with Crippen molar-refractivity contribution < 1.29 is 9.59 Å². The smallest absolute Gasteiger partial charge is 0.238 e. The number of nitrogens with one attached hydrogen (secondary N) is 1. The molecule has 0 aliphatic carbocycles. The quantitative estimate of drug-likeness (QED) is 0.774. The average Bonchev–Trinajstić information content (AvgIpc) is 2.91. The first-order valence-electron chi connectivity index (χ1n) is 7.28. The molecule has 2 aliphatic rings. The Hall–Kier alpha value is -1.06. The van der Waals surface area contributed by atoms with E-state index in [1.54, 1.807) is 0 Å². The fourth-order valence-corrected chi connectivity index (χ4v) is 3.13. The van der Waals surface area contributed by atoms with E-state index in [9.17, 15) is 9.59 Å². The monoisotopic (exact) mass is 252 g/mol. The first-order chi connectivity index (χ1) is 8.70. The van der Waals surface area contributed by atoms with Gasteiger partial charge in [-0.15, -0.1) is 0 Å². The van der Waals surface area contributed by atoms with E-state index >= 15 is 0 Å². The molecule has 1 unspecified atom stereocenters. The summed E-state index contributed by atoms with van der Waals surface area (Å²) in [6.07, 6.45) is 6.51. The van der Waals surface area contributed by atoms with Crippen LogP contribution in [0.1, 0.15) is 51.9 Å². The summed E-state index contributed by atoms with van der Waals surface area (Å²) in [4.78, 5) is 26.9. The van der Waals surface area contributed by atoms with E-state index in [0.29, 0.717) is 6.42 Å². The highest BCUT2D eigenvalue weighted by Gasteiger charge is 2.48. The van der Waals surface area contributed by atoms with Gasteiger partial charge < -0.3 is 10.2 Å². The number of hydrogen-bond donors (Lipinski definition) is 1. The zero-order valence-electron chi connectivity index (χ0n) is 11.3. The van der Waals surface area contributed by atoms with E-state index in [2.05, 4.69) is 12.2 Å². The Morgan fingerprint density at radius 2 is 2.06 bits per heavy atom. The van der Waals surface area contributed by atoms with Gasteiger partial charge in [0.2, 0.25) is 11.8 Å². The third-order valence-electron chi connectivity index (χ3n) is 4.26. The first kappa shape index (κ1) is 13.4. The van der Waals surface area contributed by atoms with Crippen molar-refractivity contribution in [2.75, 3.05) is 19.6 Å². The minimum atomic E-state index is -0.751. The van der Waals surface area contributed by atoms with Gasteiger partial charge in [0.25, 0.3) is 0 Å². The first-order valence-corrected chi connectivity index (χ1v) is 7.28. The molecule has 4 heteroatoms. The molecule has 18 heavy (non-hydrogen) atoms. The van der Waals surface area contributed by atoms with E-state index in [0.717, 1.165) is 58.2 Å². The van der Waals surface area contributed by atoms with Gasteiger partial charge in [0, 0.05) is 19.6 Å². The van der Waals surface area contributed by atoms with Crippen LogP contribution in [-0.4, -0.2) is 36.3 Å². The normalized spacial score (nSPS) is 28.3. The molecular weight excluding hydrogens is 228 g/mol. The second-order valence-corrected chi connectivity index (χ2v) is 5.54. The van der Waals surface area contributed by atoms with Crippen molar-refractivity contribution in [2.24, 2.45) is 5.41 Å². The number of piperidine rings is 1. The molecule has 0 aromatic carbocycles. The molecule has 0 spiro atoms. The molecular formula is C14H24N2O2. The molecule has 1 N–H and O–H groups in total. The van der Waals surface area contributed by atoms with Gasteiger partial charge in [-0.3, -0.25) is 9.59 Å². The fraction of sp³-hybridized carbons (Fsp3) is 0.857. The molecule has 2 rings (SSSR count). The van der Waals surface area contributed by atoms with Crippen LogP contribution in [0.2, 0.25) is 0 Å². The Balaban J connectivity index is 2.16. The van der Waals surface area contributed by atoms with E-state index in [1.807, 2.05) is 4.90 Å². The number of amides is 2. The fourth-order valence-electron chi connectivity index (χ4n) is 3.13. The number of rotatable bonds is 4. The standard InChI is InChI=1S/C14H24N2O2/c1-2-3-7-14(8-6-9-15-12(14)17)13(18)16-10-4-5-11-16/h2-11H2,1H3,(H,15,17). The highest BCUT2D eigenvalue weighted by molar-refractivity contribution is 6.05. The van der Waals surface area contributed by atoms with E-state index in [-0.39, 0.29) is 11.8 Å². The second-order valence-electron chi connectivity index (χ2n) is 5.54. The van der Waals surface area contributed by atoms with Crippen molar-refractivity contribution in [1.82, 2.24) is 10.2 Å². The highest BCUT2D eigenvalue weighted by Crippen LogP contribution is 2.36. The molecule has 0 saturated carbocycles. The summed E-state index contributed by atoms with van der Waals surface area (Å²) in [6.45, 7) is 4.49. The van der Waals surface area contributed by atoms with Gasteiger partial charge in [0.15, 0.2) is 0 Å². The minimum absolute atomic E-state index is 0.0286. The maximum Gasteiger partial charge on any atom is 0.238 e. The zero-order chi connectivity index (χ0) is 13.0. The van der Waals surface area contributed by atoms with Gasteiger partial charge in [-0.25, -0.2) is 0 Å². The van der Waals surface area contributed by atoms with Gasteiger partial charge in [-0.2, -0.15) is 0 Å². The summed E-state index contributed by atoms with van der Waals surface area (Å²) in [6, 6.07) is 0. The van der Waals surface area contributed by atoms with Crippen LogP contribution in [0.25, 0.3) is 0 Å². The summed E-state index contributed by atoms with van der Waals surface area (Å²) < 4.78 is 0. The summed E-state index contributed by atoms with van der Waals surface area (Å²) in [5.74, 6) is 0.0600. The molecule has 0 aromatic rings. The summed E-state index contributed by atoms with van der Waals surface area (Å²) >= 11 is 0. The van der Waals surface area contributed by atoms with Gasteiger partial charge in [0.1, 0.15) is 5.41 Å². The van der Waals surface area contributed by atoms with E-state index in [4.69, 9.17) is 0 Å². The lowest BCUT2D eigenvalue weighted by Crippen LogP contribution is -2.55. The minimum Gasteiger partial charge on any atom is -0.355 e. The highest BCUT2D eigenvalue weighted by atomic mass is 16.2. The number of likely N-dealkylation sites (tertiary alicyclic amines) is 1. The van der Waals surface area contributed by atoms with Crippen molar-refractivity contribution in [3.8, 4) is 0 Å². The lowest BCUT2D eigenvalue weighted by Gasteiger charge is -2.37. The lowest BCUT2D eigenvalue weighted by atomic mass is 9.74. The van der Waals surface area contributed by atoms with Crippen molar-refractivity contribution in [3.63, 3.8) is 0 Å². The van der Waals surface area contributed by atoms with Crippen LogP contribution < -0.4 is 5.32 Å². The van der Waals surface area contributed by atoms with Crippen LogP contribution in [0.4, 0.5) is 0 Å². The molecule has 2 aliphatic heterocycles. The lowest BCUT2D eigenvalue weighted by molar-refractivity contribution is -0.153. The Labute approximate surface area is 109 Å². The zero-order valence-corrected chi connectivity index (χ0v) is 11.3. The maximum absolute atomic E-state index is 12.7. The van der Waals surface area contributed by atoms with Crippen molar-refractivity contribution in [2.45, 2.75) is 51.9 Å². The molecule has 0 radical (unpaired) electrons. The molecule has 0 aromatic heterocycles. The maximum atomic E-state index is 12.7. The van der Waals surface area contributed by atoms with Crippen LogP contribution in [0.15, 0.2) is 0 Å². The number of unbranched alkanes of at least 4 members (excludes halogenated alkanes) is 1. The molecule has 4 nitrogen and oxygen atoms in total. The summed E-state index contributed by atoms with van der Waals surface area (Å²) in [5.41, 5.74) is -0.751. The second kappa shape index (κ2) is 5.72. The van der Waals surface area contributed by atoms with E-state index in [1.165, 1.54) is 0 Å². The molecule has 0 bridgehead atoms. The van der Waals surface area contributed by atoms with Gasteiger partial charge in [0.05, 0.1) is 0 Å². The van der Waals surface area contributed by atoms with Crippen molar-refractivity contribution >= 4 is 11.8 Å². The molecule has 102 valence electrons.